The molecule has 0 spiro atoms. The van der Waals surface area contributed by atoms with Gasteiger partial charge < -0.3 is 0 Å². The molecular formula is C21H26N4. The van der Waals surface area contributed by atoms with Crippen LogP contribution in [0.25, 0.3) is 0 Å². The molecule has 3 rings (SSSR count). The first kappa shape index (κ1) is 17.4. The molecule has 0 bridgehead atoms. The first-order valence-corrected chi connectivity index (χ1v) is 8.87. The van der Waals surface area contributed by atoms with Gasteiger partial charge in [0.25, 0.3) is 0 Å². The Bertz CT molecular complexity index is 721. The van der Waals surface area contributed by atoms with Crippen LogP contribution in [0.2, 0.25) is 0 Å². The van der Waals surface area contributed by atoms with E-state index < -0.39 is 0 Å². The average Bonchev–Trinajstić information content (AvgIpc) is 3.11. The second-order valence-corrected chi connectivity index (χ2v) is 6.57. The second-order valence-electron chi connectivity index (χ2n) is 6.57. The Morgan fingerprint density at radius 1 is 1.28 bits per heavy atom. The van der Waals surface area contributed by atoms with Crippen molar-refractivity contribution in [3.63, 3.8) is 0 Å². The summed E-state index contributed by atoms with van der Waals surface area (Å²) >= 11 is 0. The maximum Gasteiger partial charge on any atom is 0.0536 e. The fourth-order valence-electron chi connectivity index (χ4n) is 3.53. The first-order chi connectivity index (χ1) is 12.3. The standard InChI is InChI=1S/C21H26N4/c1-3-7-20(22-2)16-25-12-10-18(11-13-25)21-19(15-23-24-21)14-17-8-5-4-6-9-17/h3-9,15,18H,1-2,10-14,16H2,(H,23,24)/b20-7-. The van der Waals surface area contributed by atoms with E-state index in [9.17, 15) is 0 Å². The molecule has 1 aliphatic heterocycles. The number of nitrogens with zero attached hydrogens (tertiary/aromatic N) is 3. The van der Waals surface area contributed by atoms with E-state index in [0.29, 0.717) is 5.92 Å². The maximum absolute atomic E-state index is 4.32. The monoisotopic (exact) mass is 334 g/mol. The van der Waals surface area contributed by atoms with E-state index in [1.165, 1.54) is 16.8 Å². The number of likely N-dealkylation sites (tertiary alicyclic amines) is 1. The molecule has 2 aromatic rings. The summed E-state index contributed by atoms with van der Waals surface area (Å²) in [6, 6.07) is 10.6. The van der Waals surface area contributed by atoms with Crippen molar-refractivity contribution in [3.05, 3.63) is 77.8 Å². The van der Waals surface area contributed by atoms with Gasteiger partial charge in [-0.2, -0.15) is 5.10 Å². The predicted molar refractivity (Wildman–Crippen MR) is 104 cm³/mol. The Labute approximate surface area is 150 Å². The van der Waals surface area contributed by atoms with Crippen molar-refractivity contribution in [1.82, 2.24) is 15.1 Å². The van der Waals surface area contributed by atoms with Crippen LogP contribution in [0.3, 0.4) is 0 Å². The van der Waals surface area contributed by atoms with Gasteiger partial charge in [-0.15, -0.1) is 0 Å². The van der Waals surface area contributed by atoms with Crippen LogP contribution in [0, 0.1) is 0 Å². The minimum absolute atomic E-state index is 0.556. The highest BCUT2D eigenvalue weighted by atomic mass is 15.1. The predicted octanol–water partition coefficient (Wildman–Crippen LogP) is 3.95. The second kappa shape index (κ2) is 8.58. The lowest BCUT2D eigenvalue weighted by atomic mass is 9.89. The van der Waals surface area contributed by atoms with Crippen molar-refractivity contribution in [2.45, 2.75) is 25.2 Å². The van der Waals surface area contributed by atoms with E-state index in [-0.39, 0.29) is 0 Å². The molecule has 1 fully saturated rings. The number of hydrogen-bond acceptors (Lipinski definition) is 3. The zero-order chi connectivity index (χ0) is 17.5. The van der Waals surface area contributed by atoms with Crippen LogP contribution >= 0.6 is 0 Å². The molecular weight excluding hydrogens is 308 g/mol. The summed E-state index contributed by atoms with van der Waals surface area (Å²) < 4.78 is 0. The highest BCUT2D eigenvalue weighted by molar-refractivity contribution is 5.31. The molecule has 4 heteroatoms. The summed E-state index contributed by atoms with van der Waals surface area (Å²) in [5.41, 5.74) is 4.95. The number of rotatable bonds is 7. The average molecular weight is 334 g/mol. The topological polar surface area (TPSA) is 44.3 Å². The van der Waals surface area contributed by atoms with Crippen LogP contribution in [0.4, 0.5) is 0 Å². The normalized spacial score (nSPS) is 16.7. The van der Waals surface area contributed by atoms with Gasteiger partial charge >= 0.3 is 0 Å². The lowest BCUT2D eigenvalue weighted by Crippen LogP contribution is -2.34. The van der Waals surface area contributed by atoms with E-state index in [1.54, 1.807) is 6.08 Å². The first-order valence-electron chi connectivity index (χ1n) is 8.87. The number of aromatic amines is 1. The molecule has 0 amide bonds. The van der Waals surface area contributed by atoms with E-state index in [0.717, 1.165) is 44.6 Å². The van der Waals surface area contributed by atoms with Crippen molar-refractivity contribution in [1.29, 1.82) is 0 Å². The molecule has 0 saturated carbocycles. The highest BCUT2D eigenvalue weighted by Crippen LogP contribution is 2.30. The molecule has 0 aliphatic carbocycles. The molecule has 0 radical (unpaired) electrons. The Balaban J connectivity index is 1.60. The SMILES string of the molecule is C=C/C=C(/CN1CCC(c2[nH]ncc2Cc2ccccc2)CC1)N=C. The number of aromatic nitrogens is 2. The van der Waals surface area contributed by atoms with Crippen LogP contribution in [0.5, 0.6) is 0 Å². The summed E-state index contributed by atoms with van der Waals surface area (Å²) in [7, 11) is 0. The number of benzene rings is 1. The zero-order valence-electron chi connectivity index (χ0n) is 14.7. The largest absolute Gasteiger partial charge is 0.297 e. The molecule has 25 heavy (non-hydrogen) atoms. The quantitative estimate of drug-likeness (QED) is 0.615. The van der Waals surface area contributed by atoms with Crippen LogP contribution in [0.15, 0.2) is 65.9 Å². The maximum atomic E-state index is 4.32. The van der Waals surface area contributed by atoms with Crippen molar-refractivity contribution in [2.24, 2.45) is 4.99 Å². The minimum Gasteiger partial charge on any atom is -0.297 e. The van der Waals surface area contributed by atoms with Crippen LogP contribution < -0.4 is 0 Å². The number of piperidine rings is 1. The molecule has 0 atom stereocenters. The van der Waals surface area contributed by atoms with Crippen molar-refractivity contribution in [2.75, 3.05) is 19.6 Å². The van der Waals surface area contributed by atoms with Gasteiger partial charge in [-0.1, -0.05) is 43.0 Å². The van der Waals surface area contributed by atoms with E-state index >= 15 is 0 Å². The van der Waals surface area contributed by atoms with Crippen LogP contribution in [-0.2, 0) is 6.42 Å². The lowest BCUT2D eigenvalue weighted by molar-refractivity contribution is 0.226. The van der Waals surface area contributed by atoms with Crippen LogP contribution in [-0.4, -0.2) is 41.4 Å². The van der Waals surface area contributed by atoms with Gasteiger partial charge in [-0.05, 0) is 49.9 Å². The smallest absolute Gasteiger partial charge is 0.0536 e. The van der Waals surface area contributed by atoms with E-state index in [4.69, 9.17) is 0 Å². The Hall–Kier alpha value is -2.46. The van der Waals surface area contributed by atoms with Crippen molar-refractivity contribution in [3.8, 4) is 0 Å². The molecule has 1 aromatic carbocycles. The van der Waals surface area contributed by atoms with Gasteiger partial charge in [0.1, 0.15) is 0 Å². The summed E-state index contributed by atoms with van der Waals surface area (Å²) in [5, 5.41) is 7.58. The fraction of sp³-hybridized carbons (Fsp3) is 0.333. The Morgan fingerprint density at radius 2 is 2.04 bits per heavy atom. The third-order valence-corrected chi connectivity index (χ3v) is 4.88. The van der Waals surface area contributed by atoms with E-state index in [2.05, 4.69) is 63.7 Å². The molecule has 130 valence electrons. The third-order valence-electron chi connectivity index (χ3n) is 4.88. The molecule has 4 nitrogen and oxygen atoms in total. The molecule has 1 aromatic heterocycles. The Kier molecular flexibility index (Phi) is 5.96. The lowest BCUT2D eigenvalue weighted by Gasteiger charge is -2.31. The number of allylic oxidation sites excluding steroid dienone is 2. The third kappa shape index (κ3) is 4.54. The minimum atomic E-state index is 0.556. The molecule has 1 N–H and O–H groups in total. The zero-order valence-corrected chi connectivity index (χ0v) is 14.7. The van der Waals surface area contributed by atoms with E-state index in [1.807, 2.05) is 12.3 Å². The Morgan fingerprint density at radius 3 is 2.72 bits per heavy atom. The number of H-pyrrole nitrogens is 1. The van der Waals surface area contributed by atoms with Crippen molar-refractivity contribution < 1.29 is 0 Å². The molecule has 2 heterocycles. The van der Waals surface area contributed by atoms with Gasteiger partial charge in [0.2, 0.25) is 0 Å². The highest BCUT2D eigenvalue weighted by Gasteiger charge is 2.24. The number of hydrogen-bond donors (Lipinski definition) is 1. The molecule has 0 unspecified atom stereocenters. The summed E-state index contributed by atoms with van der Waals surface area (Å²) in [4.78, 5) is 6.52. The van der Waals surface area contributed by atoms with Gasteiger partial charge in [-0.3, -0.25) is 15.0 Å². The van der Waals surface area contributed by atoms with Gasteiger partial charge in [0, 0.05) is 24.6 Å². The summed E-state index contributed by atoms with van der Waals surface area (Å²) in [5.74, 6) is 0.556. The van der Waals surface area contributed by atoms with Gasteiger partial charge in [-0.25, -0.2) is 0 Å². The summed E-state index contributed by atoms with van der Waals surface area (Å²) in [6.07, 6.45) is 8.93. The fourth-order valence-corrected chi connectivity index (χ4v) is 3.53. The van der Waals surface area contributed by atoms with Gasteiger partial charge in [0.15, 0.2) is 0 Å². The number of aliphatic imine (C=N–C) groups is 1. The number of nitrogens with one attached hydrogen (secondary N) is 1. The van der Waals surface area contributed by atoms with Crippen LogP contribution in [0.1, 0.15) is 35.6 Å². The molecule has 1 saturated heterocycles. The van der Waals surface area contributed by atoms with Crippen molar-refractivity contribution >= 4 is 6.72 Å². The van der Waals surface area contributed by atoms with Gasteiger partial charge in [0.05, 0.1) is 11.9 Å². The molecule has 1 aliphatic rings. The summed E-state index contributed by atoms with van der Waals surface area (Å²) in [6.45, 7) is 10.4.